The van der Waals surface area contributed by atoms with Gasteiger partial charge in [0.1, 0.15) is 11.6 Å². The van der Waals surface area contributed by atoms with Crippen molar-refractivity contribution >= 4 is 33.3 Å². The summed E-state index contributed by atoms with van der Waals surface area (Å²) in [6, 6.07) is 10.4. The highest BCUT2D eigenvalue weighted by molar-refractivity contribution is 9.10. The van der Waals surface area contributed by atoms with Crippen LogP contribution in [0.1, 0.15) is 0 Å². The first-order valence-electron chi connectivity index (χ1n) is 7.86. The molecule has 7 heteroatoms. The van der Waals surface area contributed by atoms with Gasteiger partial charge >= 0.3 is 0 Å². The number of hydrogen-bond acceptors (Lipinski definition) is 3. The third-order valence-electron chi connectivity index (χ3n) is 4.07. The van der Waals surface area contributed by atoms with Crippen LogP contribution >= 0.6 is 15.9 Å². The Morgan fingerprint density at radius 2 is 2.00 bits per heavy atom. The van der Waals surface area contributed by atoms with Crippen molar-refractivity contribution in [2.75, 3.05) is 42.9 Å². The number of nitrogens with one attached hydrogen (secondary N) is 2. The van der Waals surface area contributed by atoms with Crippen molar-refractivity contribution in [2.24, 2.45) is 0 Å². The van der Waals surface area contributed by atoms with Gasteiger partial charge in [-0.2, -0.15) is 0 Å². The molecule has 1 fully saturated rings. The van der Waals surface area contributed by atoms with Crippen LogP contribution in [-0.2, 0) is 4.79 Å². The predicted molar refractivity (Wildman–Crippen MR) is 94.7 cm³/mol. The normalized spacial score (nSPS) is 15.3. The smallest absolute Gasteiger partial charge is 0.280 e. The molecule has 2 heterocycles. The Morgan fingerprint density at radius 1 is 1.25 bits per heavy atom. The van der Waals surface area contributed by atoms with Crippen molar-refractivity contribution in [3.05, 3.63) is 52.9 Å². The number of piperazine rings is 1. The van der Waals surface area contributed by atoms with E-state index in [4.69, 9.17) is 0 Å². The number of anilines is 2. The van der Waals surface area contributed by atoms with Crippen molar-refractivity contribution in [3.63, 3.8) is 0 Å². The lowest BCUT2D eigenvalue weighted by Crippen LogP contribution is -3.15. The van der Waals surface area contributed by atoms with E-state index >= 15 is 0 Å². The summed E-state index contributed by atoms with van der Waals surface area (Å²) < 4.78 is 14.7. The van der Waals surface area contributed by atoms with E-state index in [0.29, 0.717) is 18.1 Å². The average molecular weight is 394 g/mol. The van der Waals surface area contributed by atoms with Gasteiger partial charge in [0.05, 0.1) is 31.9 Å². The van der Waals surface area contributed by atoms with Crippen molar-refractivity contribution in [3.8, 4) is 0 Å². The van der Waals surface area contributed by atoms with Gasteiger partial charge in [0.15, 0.2) is 6.54 Å². The Labute approximate surface area is 148 Å². The van der Waals surface area contributed by atoms with Crippen LogP contribution in [0.25, 0.3) is 0 Å². The van der Waals surface area contributed by atoms with Crippen LogP contribution in [0.5, 0.6) is 0 Å². The first-order chi connectivity index (χ1) is 11.6. The Morgan fingerprint density at radius 3 is 2.67 bits per heavy atom. The Balaban J connectivity index is 1.49. The first kappa shape index (κ1) is 16.9. The molecular formula is C17H19BrFN4O+. The summed E-state index contributed by atoms with van der Waals surface area (Å²) >= 11 is 3.31. The SMILES string of the molecule is O=C(C[NH+]1CCN(c2ccccc2F)CC1)Nc1ccc(Br)cn1. The molecule has 2 aromatic rings. The van der Waals surface area contributed by atoms with Gasteiger partial charge in [-0.05, 0) is 40.2 Å². The van der Waals surface area contributed by atoms with E-state index in [1.54, 1.807) is 24.4 Å². The van der Waals surface area contributed by atoms with Crippen molar-refractivity contribution in [2.45, 2.75) is 0 Å². The molecule has 0 unspecified atom stereocenters. The molecule has 126 valence electrons. The topological polar surface area (TPSA) is 49.7 Å². The van der Waals surface area contributed by atoms with Crippen molar-refractivity contribution in [1.29, 1.82) is 0 Å². The van der Waals surface area contributed by atoms with Gasteiger partial charge in [0, 0.05) is 10.7 Å². The zero-order valence-corrected chi connectivity index (χ0v) is 14.7. The van der Waals surface area contributed by atoms with Crippen LogP contribution in [0.4, 0.5) is 15.9 Å². The second-order valence-corrected chi connectivity index (χ2v) is 6.69. The molecular weight excluding hydrogens is 375 g/mol. The standard InChI is InChI=1S/C17H18BrFN4O/c18-13-5-6-16(20-11-13)21-17(24)12-22-7-9-23(10-8-22)15-4-2-1-3-14(15)19/h1-6,11H,7-10,12H2,(H,20,21,24)/p+1. The third kappa shape index (κ3) is 4.30. The molecule has 0 atom stereocenters. The van der Waals surface area contributed by atoms with Crippen LogP contribution < -0.4 is 15.1 Å². The van der Waals surface area contributed by atoms with Gasteiger partial charge < -0.3 is 15.1 Å². The molecule has 2 N–H and O–H groups in total. The van der Waals surface area contributed by atoms with E-state index in [1.165, 1.54) is 11.0 Å². The Hall–Kier alpha value is -1.99. The van der Waals surface area contributed by atoms with Crippen LogP contribution in [0.15, 0.2) is 47.1 Å². The molecule has 5 nitrogen and oxygen atoms in total. The highest BCUT2D eigenvalue weighted by Crippen LogP contribution is 2.18. The van der Waals surface area contributed by atoms with E-state index in [1.807, 2.05) is 17.0 Å². The number of carbonyl (C=O) groups is 1. The maximum absolute atomic E-state index is 13.8. The maximum Gasteiger partial charge on any atom is 0.280 e. The summed E-state index contributed by atoms with van der Waals surface area (Å²) in [5.41, 5.74) is 0.639. The summed E-state index contributed by atoms with van der Waals surface area (Å²) in [7, 11) is 0. The van der Waals surface area contributed by atoms with Gasteiger partial charge in [-0.1, -0.05) is 12.1 Å². The lowest BCUT2D eigenvalue weighted by Gasteiger charge is -2.33. The third-order valence-corrected chi connectivity index (χ3v) is 4.54. The minimum absolute atomic E-state index is 0.0563. The average Bonchev–Trinajstić information content (AvgIpc) is 2.58. The maximum atomic E-state index is 13.8. The lowest BCUT2D eigenvalue weighted by molar-refractivity contribution is -0.892. The molecule has 1 aliphatic heterocycles. The number of nitrogens with zero attached hydrogens (tertiary/aromatic N) is 2. The number of quaternary nitrogens is 1. The number of pyridine rings is 1. The second kappa shape index (κ2) is 7.72. The van der Waals surface area contributed by atoms with E-state index < -0.39 is 0 Å². The molecule has 0 saturated carbocycles. The molecule has 0 aliphatic carbocycles. The van der Waals surface area contributed by atoms with Gasteiger partial charge in [-0.3, -0.25) is 4.79 Å². The highest BCUT2D eigenvalue weighted by atomic mass is 79.9. The van der Waals surface area contributed by atoms with E-state index in [0.717, 1.165) is 30.7 Å². The number of rotatable bonds is 4. The zero-order chi connectivity index (χ0) is 16.9. The van der Waals surface area contributed by atoms with E-state index in [-0.39, 0.29) is 11.7 Å². The minimum atomic E-state index is -0.194. The fourth-order valence-electron chi connectivity index (χ4n) is 2.81. The van der Waals surface area contributed by atoms with Gasteiger partial charge in [-0.25, -0.2) is 9.37 Å². The van der Waals surface area contributed by atoms with Crippen LogP contribution in [0, 0.1) is 5.82 Å². The van der Waals surface area contributed by atoms with Gasteiger partial charge in [-0.15, -0.1) is 0 Å². The number of carbonyl (C=O) groups excluding carboxylic acids is 1. The van der Waals surface area contributed by atoms with Crippen LogP contribution in [0.3, 0.4) is 0 Å². The molecule has 0 radical (unpaired) electrons. The monoisotopic (exact) mass is 393 g/mol. The number of hydrogen-bond donors (Lipinski definition) is 2. The van der Waals surface area contributed by atoms with E-state index in [2.05, 4.69) is 26.2 Å². The zero-order valence-electron chi connectivity index (χ0n) is 13.1. The van der Waals surface area contributed by atoms with Crippen LogP contribution in [-0.4, -0.2) is 43.6 Å². The second-order valence-electron chi connectivity index (χ2n) is 5.78. The number of halogens is 2. The summed E-state index contributed by atoms with van der Waals surface area (Å²) in [5, 5.41) is 2.80. The van der Waals surface area contributed by atoms with Crippen molar-refractivity contribution < 1.29 is 14.1 Å². The summed E-state index contributed by atoms with van der Waals surface area (Å²) in [6.07, 6.45) is 1.65. The predicted octanol–water partition coefficient (Wildman–Crippen LogP) is 1.33. The number of aromatic nitrogens is 1. The van der Waals surface area contributed by atoms with Gasteiger partial charge in [0.25, 0.3) is 5.91 Å². The number of benzene rings is 1. The molecule has 24 heavy (non-hydrogen) atoms. The van der Waals surface area contributed by atoms with E-state index in [9.17, 15) is 9.18 Å². The Kier molecular flexibility index (Phi) is 5.42. The fourth-order valence-corrected chi connectivity index (χ4v) is 3.05. The summed E-state index contributed by atoms with van der Waals surface area (Å²) in [4.78, 5) is 19.5. The summed E-state index contributed by atoms with van der Waals surface area (Å²) in [6.45, 7) is 3.47. The summed E-state index contributed by atoms with van der Waals surface area (Å²) in [5.74, 6) is 0.298. The van der Waals surface area contributed by atoms with Crippen LogP contribution in [0.2, 0.25) is 0 Å². The minimum Gasteiger partial charge on any atom is -0.358 e. The Bertz CT molecular complexity index is 702. The van der Waals surface area contributed by atoms with Crippen molar-refractivity contribution in [1.82, 2.24) is 4.98 Å². The largest absolute Gasteiger partial charge is 0.358 e. The molecule has 1 amide bonds. The highest BCUT2D eigenvalue weighted by Gasteiger charge is 2.23. The molecule has 1 saturated heterocycles. The quantitative estimate of drug-likeness (QED) is 0.823. The molecule has 0 bridgehead atoms. The number of para-hydroxylation sites is 1. The fraction of sp³-hybridized carbons (Fsp3) is 0.294. The van der Waals surface area contributed by atoms with Gasteiger partial charge in [0.2, 0.25) is 0 Å². The first-order valence-corrected chi connectivity index (χ1v) is 8.65. The molecule has 0 spiro atoms. The molecule has 3 rings (SSSR count). The lowest BCUT2D eigenvalue weighted by atomic mass is 10.2. The molecule has 1 aliphatic rings. The molecule has 1 aromatic heterocycles. The molecule has 1 aromatic carbocycles. The number of amides is 1.